The van der Waals surface area contributed by atoms with Gasteiger partial charge in [0.2, 0.25) is 0 Å². The van der Waals surface area contributed by atoms with Crippen LogP contribution in [0.15, 0.2) is 64.8 Å². The van der Waals surface area contributed by atoms with Gasteiger partial charge >= 0.3 is 29.6 Å². The van der Waals surface area contributed by atoms with E-state index in [2.05, 4.69) is 20.3 Å². The van der Waals surface area contributed by atoms with Gasteiger partial charge in [0.15, 0.2) is 5.17 Å². The van der Waals surface area contributed by atoms with Crippen LogP contribution < -0.4 is 34.9 Å². The molecule has 132 valence electrons. The Morgan fingerprint density at radius 1 is 1.11 bits per heavy atom. The molecular weight excluding hydrogens is 391 g/mol. The van der Waals surface area contributed by atoms with Gasteiger partial charge in [0, 0.05) is 12.4 Å². The van der Waals surface area contributed by atoms with Crippen molar-refractivity contribution in [3.63, 3.8) is 0 Å². The van der Waals surface area contributed by atoms with Crippen molar-refractivity contribution < 1.29 is 35.8 Å². The van der Waals surface area contributed by atoms with Crippen molar-refractivity contribution in [1.29, 1.82) is 0 Å². The number of benzene rings is 2. The van der Waals surface area contributed by atoms with E-state index in [4.69, 9.17) is 11.6 Å². The molecule has 0 saturated carbocycles. The molecule has 0 aliphatic carbocycles. The van der Waals surface area contributed by atoms with Gasteiger partial charge in [-0.1, -0.05) is 37.2 Å². The predicted octanol–water partition coefficient (Wildman–Crippen LogP) is 1.93. The number of para-hydroxylation sites is 1. The summed E-state index contributed by atoms with van der Waals surface area (Å²) in [5, 5.41) is 3.80. The molecule has 0 radical (unpaired) electrons. The normalized spacial score (nSPS) is 16.1. The summed E-state index contributed by atoms with van der Waals surface area (Å²) < 4.78 is 0. The van der Waals surface area contributed by atoms with Crippen molar-refractivity contribution in [2.24, 2.45) is 4.99 Å². The first-order valence-corrected chi connectivity index (χ1v) is 8.63. The van der Waals surface area contributed by atoms with Crippen LogP contribution in [0.3, 0.4) is 0 Å². The fraction of sp³-hybridized carbons (Fsp3) is 0.0526. The Bertz CT molecular complexity index is 1060. The molecule has 1 saturated heterocycles. The van der Waals surface area contributed by atoms with E-state index < -0.39 is 0 Å². The summed E-state index contributed by atoms with van der Waals surface area (Å²) in [6.07, 6.45) is 5.10. The molecule has 1 N–H and O–H groups in total. The maximum atomic E-state index is 12.2. The third-order valence-corrected chi connectivity index (χ3v) is 4.75. The van der Waals surface area contributed by atoms with E-state index in [9.17, 15) is 4.79 Å². The van der Waals surface area contributed by atoms with Crippen molar-refractivity contribution in [3.05, 3.63) is 70.3 Å². The smallest absolute Gasteiger partial charge is 1.00 e. The molecule has 0 bridgehead atoms. The van der Waals surface area contributed by atoms with Crippen LogP contribution in [-0.2, 0) is 4.79 Å². The van der Waals surface area contributed by atoms with Gasteiger partial charge in [0.25, 0.3) is 5.91 Å². The number of hydrogen-bond acceptors (Lipinski definition) is 5. The minimum absolute atomic E-state index is 0. The van der Waals surface area contributed by atoms with Gasteiger partial charge in [-0.25, -0.2) is 4.99 Å². The Labute approximate surface area is 190 Å². The number of carbonyl (C=O) groups excluding carboxylic acids is 1. The second kappa shape index (κ2) is 9.48. The third kappa shape index (κ3) is 4.97. The number of nitrogens with zero attached hydrogens (tertiary/aromatic N) is 3. The van der Waals surface area contributed by atoms with Gasteiger partial charge in [-0.3, -0.25) is 14.8 Å². The Morgan fingerprint density at radius 3 is 2.63 bits per heavy atom. The number of rotatable bonds is 2. The van der Waals surface area contributed by atoms with Gasteiger partial charge in [-0.05, 0) is 47.7 Å². The third-order valence-electron chi connectivity index (χ3n) is 3.52. The SMILES string of the molecule is C.O=C1NC(=Nc2ccccc2Cl)S/C1=C\c1ccc2nccnc2c1.[H-].[Na+]. The van der Waals surface area contributed by atoms with Crippen LogP contribution in [0.25, 0.3) is 17.1 Å². The fourth-order valence-corrected chi connectivity index (χ4v) is 3.37. The summed E-state index contributed by atoms with van der Waals surface area (Å²) in [6.45, 7) is 0. The summed E-state index contributed by atoms with van der Waals surface area (Å²) in [5.41, 5.74) is 3.10. The van der Waals surface area contributed by atoms with Crippen molar-refractivity contribution in [2.75, 3.05) is 0 Å². The van der Waals surface area contributed by atoms with Crippen molar-refractivity contribution in [2.45, 2.75) is 7.43 Å². The molecule has 0 unspecified atom stereocenters. The molecule has 2 heterocycles. The van der Waals surface area contributed by atoms with E-state index in [1.54, 1.807) is 24.5 Å². The second-order valence-electron chi connectivity index (χ2n) is 5.24. The minimum Gasteiger partial charge on any atom is -1.00 e. The van der Waals surface area contributed by atoms with Gasteiger partial charge in [0.1, 0.15) is 0 Å². The molecule has 27 heavy (non-hydrogen) atoms. The number of nitrogens with one attached hydrogen (secondary N) is 1. The number of aliphatic imine (C=N–C) groups is 1. The molecule has 2 aromatic carbocycles. The minimum atomic E-state index is -0.185. The molecule has 4 rings (SSSR count). The Balaban J connectivity index is 0.00000131. The zero-order chi connectivity index (χ0) is 17.2. The molecule has 1 fully saturated rings. The first-order valence-electron chi connectivity index (χ1n) is 7.44. The molecule has 1 aliphatic rings. The van der Waals surface area contributed by atoms with E-state index >= 15 is 0 Å². The second-order valence-corrected chi connectivity index (χ2v) is 6.68. The number of hydrogen-bond donors (Lipinski definition) is 1. The topological polar surface area (TPSA) is 67.2 Å². The number of amides is 1. The predicted molar refractivity (Wildman–Crippen MR) is 110 cm³/mol. The van der Waals surface area contributed by atoms with Gasteiger partial charge < -0.3 is 6.74 Å². The maximum absolute atomic E-state index is 12.2. The molecule has 0 spiro atoms. The zero-order valence-electron chi connectivity index (χ0n) is 14.8. The fourth-order valence-electron chi connectivity index (χ4n) is 2.35. The summed E-state index contributed by atoms with van der Waals surface area (Å²) in [7, 11) is 0. The average Bonchev–Trinajstić information content (AvgIpc) is 2.96. The average molecular weight is 407 g/mol. The molecule has 5 nitrogen and oxygen atoms in total. The molecule has 3 aromatic rings. The van der Waals surface area contributed by atoms with Gasteiger partial charge in [-0.15, -0.1) is 0 Å². The van der Waals surface area contributed by atoms with Crippen LogP contribution in [0, 0.1) is 0 Å². The first kappa shape index (κ1) is 21.6. The van der Waals surface area contributed by atoms with E-state index in [1.165, 1.54) is 11.8 Å². The number of amidine groups is 1. The quantitative estimate of drug-likeness (QED) is 0.521. The van der Waals surface area contributed by atoms with Crippen LogP contribution in [0.2, 0.25) is 5.02 Å². The summed E-state index contributed by atoms with van der Waals surface area (Å²) in [6, 6.07) is 12.9. The van der Waals surface area contributed by atoms with E-state index in [0.717, 1.165) is 16.6 Å². The maximum Gasteiger partial charge on any atom is 1.00 e. The Kier molecular flexibility index (Phi) is 7.59. The van der Waals surface area contributed by atoms with Crippen LogP contribution in [0.1, 0.15) is 14.4 Å². The molecule has 0 atom stereocenters. The van der Waals surface area contributed by atoms with Crippen LogP contribution in [0.5, 0.6) is 0 Å². The number of fused-ring (bicyclic) bond motifs is 1. The molecule has 8 heteroatoms. The van der Waals surface area contributed by atoms with Gasteiger partial charge in [0.05, 0.1) is 26.6 Å². The van der Waals surface area contributed by atoms with Crippen LogP contribution in [-0.4, -0.2) is 21.0 Å². The zero-order valence-corrected chi connectivity index (χ0v) is 17.4. The van der Waals surface area contributed by atoms with Crippen LogP contribution >= 0.6 is 23.4 Å². The van der Waals surface area contributed by atoms with Crippen molar-refractivity contribution in [1.82, 2.24) is 15.3 Å². The number of carbonyl (C=O) groups is 1. The summed E-state index contributed by atoms with van der Waals surface area (Å²) >= 11 is 7.38. The molecule has 1 amide bonds. The number of thioether (sulfide) groups is 1. The molecule has 1 aliphatic heterocycles. The van der Waals surface area contributed by atoms with Crippen LogP contribution in [0.4, 0.5) is 5.69 Å². The van der Waals surface area contributed by atoms with E-state index in [0.29, 0.717) is 20.8 Å². The van der Waals surface area contributed by atoms with E-state index in [-0.39, 0.29) is 44.3 Å². The molecule has 1 aromatic heterocycles. The number of aromatic nitrogens is 2. The molecular formula is C19H16ClN4NaOS. The summed E-state index contributed by atoms with van der Waals surface area (Å²) in [5.74, 6) is -0.185. The monoisotopic (exact) mass is 406 g/mol. The van der Waals surface area contributed by atoms with Crippen molar-refractivity contribution >= 4 is 57.2 Å². The largest absolute Gasteiger partial charge is 1.00 e. The first-order chi connectivity index (χ1) is 12.2. The van der Waals surface area contributed by atoms with Crippen molar-refractivity contribution in [3.8, 4) is 0 Å². The van der Waals surface area contributed by atoms with E-state index in [1.807, 2.05) is 36.4 Å². The number of halogens is 1. The Hall–Kier alpha value is -1.70. The standard InChI is InChI=1S/C18H11ClN4OS.CH4.Na.H/c19-12-3-1-2-4-13(12)22-18-23-17(24)16(25-18)10-11-5-6-14-15(9-11)21-8-7-20-14;;;/h1-10H,(H,22,23,24);1H4;;/q;;+1;-1/b16-10-;;;. The summed E-state index contributed by atoms with van der Waals surface area (Å²) in [4.78, 5) is 25.7. The van der Waals surface area contributed by atoms with Gasteiger partial charge in [-0.2, -0.15) is 0 Å². The Morgan fingerprint density at radius 2 is 1.85 bits per heavy atom.